The highest BCUT2D eigenvalue weighted by molar-refractivity contribution is 5.87. The van der Waals surface area contributed by atoms with Crippen LogP contribution in [-0.2, 0) is 9.59 Å². The van der Waals surface area contributed by atoms with Gasteiger partial charge in [-0.3, -0.25) is 9.59 Å². The average molecular weight is 249 g/mol. The van der Waals surface area contributed by atoms with Crippen molar-refractivity contribution >= 4 is 11.8 Å². The van der Waals surface area contributed by atoms with Gasteiger partial charge in [0.2, 0.25) is 11.8 Å². The van der Waals surface area contributed by atoms with Crippen molar-refractivity contribution in [2.45, 2.75) is 13.3 Å². The molecular formula is C13H19N3O2. The average Bonchev–Trinajstić information content (AvgIpc) is 2.43. The molecular weight excluding hydrogens is 230 g/mol. The molecule has 0 bridgehead atoms. The fraction of sp³-hybridized carbons (Fsp3) is 0.385. The van der Waals surface area contributed by atoms with Gasteiger partial charge < -0.3 is 14.7 Å². The lowest BCUT2D eigenvalue weighted by molar-refractivity contribution is -0.147. The molecule has 5 nitrogen and oxygen atoms in total. The van der Waals surface area contributed by atoms with Gasteiger partial charge >= 0.3 is 0 Å². The second kappa shape index (κ2) is 6.05. The maximum atomic E-state index is 11.8. The molecule has 2 amide bonds. The van der Waals surface area contributed by atoms with E-state index in [-0.39, 0.29) is 11.8 Å². The Morgan fingerprint density at radius 2 is 1.61 bits per heavy atom. The number of carbonyl (C=O) groups excluding carboxylic acids is 2. The predicted octanol–water partition coefficient (Wildman–Crippen LogP) is 1.13. The van der Waals surface area contributed by atoms with E-state index >= 15 is 0 Å². The summed E-state index contributed by atoms with van der Waals surface area (Å²) in [5, 5.41) is 0. The first-order chi connectivity index (χ1) is 8.53. The molecule has 1 aliphatic rings. The summed E-state index contributed by atoms with van der Waals surface area (Å²) < 4.78 is 0. The number of rotatable bonds is 4. The highest BCUT2D eigenvalue weighted by Gasteiger charge is 2.27. The Hall–Kier alpha value is -2.04. The van der Waals surface area contributed by atoms with Crippen molar-refractivity contribution in [3.05, 3.63) is 37.6 Å². The standard InChI is InChI=1S/C13H19N3O2/c1-5-11(4)14-8-15(12(17)6-2)10-16(9-14)13(18)7-3/h5-6H,1-2,4,7-10H2,3H3. The van der Waals surface area contributed by atoms with Gasteiger partial charge in [0.25, 0.3) is 0 Å². The van der Waals surface area contributed by atoms with Crippen LogP contribution in [0.25, 0.3) is 0 Å². The summed E-state index contributed by atoms with van der Waals surface area (Å²) in [7, 11) is 0. The molecule has 1 fully saturated rings. The van der Waals surface area contributed by atoms with Gasteiger partial charge in [0.15, 0.2) is 0 Å². The van der Waals surface area contributed by atoms with E-state index in [9.17, 15) is 9.59 Å². The van der Waals surface area contributed by atoms with Crippen molar-refractivity contribution < 1.29 is 9.59 Å². The number of nitrogens with zero attached hydrogens (tertiary/aromatic N) is 3. The van der Waals surface area contributed by atoms with E-state index in [4.69, 9.17) is 0 Å². The third-order valence-corrected chi connectivity index (χ3v) is 2.81. The Bertz CT molecular complexity index is 362. The topological polar surface area (TPSA) is 43.9 Å². The van der Waals surface area contributed by atoms with Crippen LogP contribution in [0, 0.1) is 0 Å². The fourth-order valence-corrected chi connectivity index (χ4v) is 1.71. The second-order valence-electron chi connectivity index (χ2n) is 4.03. The van der Waals surface area contributed by atoms with Crippen molar-refractivity contribution in [1.29, 1.82) is 0 Å². The molecule has 18 heavy (non-hydrogen) atoms. The van der Waals surface area contributed by atoms with Gasteiger partial charge in [-0.05, 0) is 12.2 Å². The first-order valence-corrected chi connectivity index (χ1v) is 5.78. The number of amides is 2. The maximum Gasteiger partial charge on any atom is 0.248 e. The molecule has 0 aliphatic carbocycles. The zero-order valence-corrected chi connectivity index (χ0v) is 10.8. The lowest BCUT2D eigenvalue weighted by atomic mass is 10.3. The normalized spacial score (nSPS) is 15.3. The molecule has 5 heteroatoms. The molecule has 1 saturated heterocycles. The van der Waals surface area contributed by atoms with Crippen LogP contribution in [0.1, 0.15) is 13.3 Å². The van der Waals surface area contributed by atoms with E-state index in [0.717, 1.165) is 0 Å². The van der Waals surface area contributed by atoms with Crippen LogP contribution in [0.4, 0.5) is 0 Å². The van der Waals surface area contributed by atoms with E-state index in [2.05, 4.69) is 19.7 Å². The van der Waals surface area contributed by atoms with Gasteiger partial charge in [0.1, 0.15) is 0 Å². The lowest BCUT2D eigenvalue weighted by Gasteiger charge is -2.43. The van der Waals surface area contributed by atoms with Gasteiger partial charge in [-0.25, -0.2) is 0 Å². The highest BCUT2D eigenvalue weighted by Crippen LogP contribution is 2.14. The number of allylic oxidation sites excluding steroid dienone is 1. The zero-order valence-electron chi connectivity index (χ0n) is 10.8. The van der Waals surface area contributed by atoms with Crippen LogP contribution < -0.4 is 0 Å². The minimum Gasteiger partial charge on any atom is -0.336 e. The molecule has 0 spiro atoms. The summed E-state index contributed by atoms with van der Waals surface area (Å²) >= 11 is 0. The van der Waals surface area contributed by atoms with Crippen molar-refractivity contribution in [3.63, 3.8) is 0 Å². The first kappa shape index (κ1) is 14.0. The minimum absolute atomic E-state index is 0.00146. The number of hydrogen-bond donors (Lipinski definition) is 0. The minimum atomic E-state index is -0.203. The Kier molecular flexibility index (Phi) is 4.71. The largest absolute Gasteiger partial charge is 0.336 e. The lowest BCUT2D eigenvalue weighted by Crippen LogP contribution is -2.57. The van der Waals surface area contributed by atoms with Crippen molar-refractivity contribution in [3.8, 4) is 0 Å². The summed E-state index contributed by atoms with van der Waals surface area (Å²) in [5.74, 6) is -0.205. The van der Waals surface area contributed by atoms with E-state index in [1.165, 1.54) is 6.08 Å². The third kappa shape index (κ3) is 3.00. The Balaban J connectivity index is 2.87. The number of hydrogen-bond acceptors (Lipinski definition) is 3. The van der Waals surface area contributed by atoms with Crippen LogP contribution in [0.15, 0.2) is 37.6 Å². The molecule has 1 rings (SSSR count). The van der Waals surface area contributed by atoms with Crippen LogP contribution in [0.5, 0.6) is 0 Å². The second-order valence-corrected chi connectivity index (χ2v) is 4.03. The van der Waals surface area contributed by atoms with Crippen LogP contribution in [-0.4, -0.2) is 46.5 Å². The first-order valence-electron chi connectivity index (χ1n) is 5.78. The van der Waals surface area contributed by atoms with E-state index in [0.29, 0.717) is 32.1 Å². The molecule has 98 valence electrons. The van der Waals surface area contributed by atoms with Crippen LogP contribution >= 0.6 is 0 Å². The Morgan fingerprint density at radius 3 is 2.11 bits per heavy atom. The molecule has 0 aromatic carbocycles. The van der Waals surface area contributed by atoms with Gasteiger partial charge in [-0.2, -0.15) is 0 Å². The maximum absolute atomic E-state index is 11.8. The highest BCUT2D eigenvalue weighted by atomic mass is 16.2. The quantitative estimate of drug-likeness (QED) is 0.554. The van der Waals surface area contributed by atoms with E-state index < -0.39 is 0 Å². The third-order valence-electron chi connectivity index (χ3n) is 2.81. The molecule has 1 heterocycles. The molecule has 0 aromatic rings. The molecule has 0 saturated carbocycles. The molecule has 0 N–H and O–H groups in total. The van der Waals surface area contributed by atoms with Gasteiger partial charge in [0.05, 0.1) is 20.0 Å². The molecule has 1 aliphatic heterocycles. The molecule has 0 radical (unpaired) electrons. The smallest absolute Gasteiger partial charge is 0.248 e. The van der Waals surface area contributed by atoms with Crippen molar-refractivity contribution in [1.82, 2.24) is 14.7 Å². The summed E-state index contributed by atoms with van der Waals surface area (Å²) in [4.78, 5) is 28.4. The van der Waals surface area contributed by atoms with Gasteiger partial charge in [-0.15, -0.1) is 0 Å². The van der Waals surface area contributed by atoms with Crippen LogP contribution in [0.2, 0.25) is 0 Å². The fourth-order valence-electron chi connectivity index (χ4n) is 1.71. The van der Waals surface area contributed by atoms with E-state index in [1.807, 2.05) is 4.90 Å². The molecule has 0 aromatic heterocycles. The summed E-state index contributed by atoms with van der Waals surface area (Å²) in [6.07, 6.45) is 3.26. The van der Waals surface area contributed by atoms with Crippen molar-refractivity contribution in [2.24, 2.45) is 0 Å². The van der Waals surface area contributed by atoms with Gasteiger partial charge in [-0.1, -0.05) is 26.7 Å². The Labute approximate surface area is 108 Å². The summed E-state index contributed by atoms with van der Waals surface area (Å²) in [6.45, 7) is 13.9. The van der Waals surface area contributed by atoms with E-state index in [1.54, 1.807) is 22.8 Å². The monoisotopic (exact) mass is 249 g/mol. The van der Waals surface area contributed by atoms with Crippen molar-refractivity contribution in [2.75, 3.05) is 20.0 Å². The SMILES string of the molecule is C=CC(=C)N1CN(C(=O)C=C)CN(C(=O)CC)C1. The molecule has 0 unspecified atom stereocenters. The summed E-state index contributed by atoms with van der Waals surface area (Å²) in [6, 6.07) is 0. The van der Waals surface area contributed by atoms with Crippen LogP contribution in [0.3, 0.4) is 0 Å². The number of carbonyl (C=O) groups is 2. The van der Waals surface area contributed by atoms with Gasteiger partial charge in [0, 0.05) is 12.1 Å². The summed E-state index contributed by atoms with van der Waals surface area (Å²) in [5.41, 5.74) is 0.686. The zero-order chi connectivity index (χ0) is 13.7. The predicted molar refractivity (Wildman–Crippen MR) is 70.0 cm³/mol. The molecule has 0 atom stereocenters. The Morgan fingerprint density at radius 1 is 1.06 bits per heavy atom.